The zero-order valence-corrected chi connectivity index (χ0v) is 13.1. The molecule has 0 aromatic heterocycles. The first-order chi connectivity index (χ1) is 9.02. The second-order valence-corrected chi connectivity index (χ2v) is 5.68. The molecule has 0 amide bonds. The molecule has 0 saturated carbocycles. The summed E-state index contributed by atoms with van der Waals surface area (Å²) in [6.45, 7) is 0. The molecule has 100 valence electrons. The molecule has 0 aliphatic heterocycles. The number of methoxy groups -OCH3 is 1. The van der Waals surface area contributed by atoms with Gasteiger partial charge in [-0.15, -0.1) is 0 Å². The minimum Gasteiger partial charge on any atom is -0.496 e. The highest BCUT2D eigenvalue weighted by Crippen LogP contribution is 2.40. The van der Waals surface area contributed by atoms with E-state index in [1.807, 2.05) is 0 Å². The molecule has 0 fully saturated rings. The Kier molecular flexibility index (Phi) is 4.58. The summed E-state index contributed by atoms with van der Waals surface area (Å²) in [6.07, 6.45) is 0. The fourth-order valence-electron chi connectivity index (χ4n) is 1.78. The Morgan fingerprint density at radius 1 is 1.00 bits per heavy atom. The van der Waals surface area contributed by atoms with Gasteiger partial charge in [-0.3, -0.25) is 0 Å². The van der Waals surface area contributed by atoms with E-state index in [2.05, 4.69) is 31.9 Å². The minimum absolute atomic E-state index is 0.349. The number of alkyl halides is 1. The van der Waals surface area contributed by atoms with Crippen LogP contribution in [0.3, 0.4) is 0 Å². The van der Waals surface area contributed by atoms with Gasteiger partial charge in [0.15, 0.2) is 0 Å². The molecule has 2 aromatic carbocycles. The van der Waals surface area contributed by atoms with E-state index in [-0.39, 0.29) is 16.5 Å². The van der Waals surface area contributed by atoms with Crippen LogP contribution in [0.1, 0.15) is 16.0 Å². The summed E-state index contributed by atoms with van der Waals surface area (Å²) < 4.78 is 32.7. The van der Waals surface area contributed by atoms with Crippen LogP contribution in [0, 0.1) is 11.6 Å². The fourth-order valence-corrected chi connectivity index (χ4v) is 3.30. The van der Waals surface area contributed by atoms with Crippen molar-refractivity contribution in [3.05, 3.63) is 63.6 Å². The predicted octanol–water partition coefficient (Wildman–Crippen LogP) is 5.22. The van der Waals surface area contributed by atoms with Crippen LogP contribution in [0.2, 0.25) is 0 Å². The third-order valence-corrected chi connectivity index (χ3v) is 4.40. The molecule has 0 aliphatic carbocycles. The first-order valence-electron chi connectivity index (χ1n) is 5.45. The molecule has 2 aromatic rings. The maximum atomic E-state index is 13.4. The van der Waals surface area contributed by atoms with Crippen molar-refractivity contribution < 1.29 is 13.5 Å². The highest BCUT2D eigenvalue weighted by atomic mass is 79.9. The van der Waals surface area contributed by atoms with Gasteiger partial charge in [-0.25, -0.2) is 8.78 Å². The molecular weight excluding hydrogens is 382 g/mol. The normalized spacial score (nSPS) is 12.3. The van der Waals surface area contributed by atoms with Crippen LogP contribution in [0.25, 0.3) is 0 Å². The van der Waals surface area contributed by atoms with Crippen LogP contribution >= 0.6 is 31.9 Å². The maximum Gasteiger partial charge on any atom is 0.123 e. The van der Waals surface area contributed by atoms with Crippen LogP contribution in [-0.4, -0.2) is 7.11 Å². The van der Waals surface area contributed by atoms with E-state index in [9.17, 15) is 8.78 Å². The summed E-state index contributed by atoms with van der Waals surface area (Å²) in [4.78, 5) is -0.372. The number of ether oxygens (including phenoxy) is 1. The number of rotatable bonds is 3. The van der Waals surface area contributed by atoms with Crippen LogP contribution in [0.5, 0.6) is 5.75 Å². The van der Waals surface area contributed by atoms with Crippen molar-refractivity contribution >= 4 is 31.9 Å². The largest absolute Gasteiger partial charge is 0.496 e. The number of halogens is 4. The Morgan fingerprint density at radius 3 is 2.21 bits per heavy atom. The molecule has 0 bridgehead atoms. The standard InChI is InChI=1S/C14H10Br2F2O/c1-19-13-5-3-9(18)7-11(13)14(16)10-6-8(17)2-4-12(10)15/h2-7,14H,1H3. The lowest BCUT2D eigenvalue weighted by Crippen LogP contribution is -1.99. The maximum absolute atomic E-state index is 13.4. The van der Waals surface area contributed by atoms with Gasteiger partial charge in [-0.05, 0) is 42.0 Å². The molecule has 0 radical (unpaired) electrons. The zero-order valence-electron chi connectivity index (χ0n) is 9.96. The molecule has 1 nitrogen and oxygen atoms in total. The van der Waals surface area contributed by atoms with E-state index in [1.165, 1.54) is 31.4 Å². The van der Waals surface area contributed by atoms with Gasteiger partial charge in [0.05, 0.1) is 11.9 Å². The van der Waals surface area contributed by atoms with E-state index >= 15 is 0 Å². The van der Waals surface area contributed by atoms with Gasteiger partial charge >= 0.3 is 0 Å². The molecule has 0 spiro atoms. The quantitative estimate of drug-likeness (QED) is 0.651. The summed E-state index contributed by atoms with van der Waals surface area (Å²) in [7, 11) is 1.51. The third-order valence-electron chi connectivity index (χ3n) is 2.70. The minimum atomic E-state index is -0.372. The first-order valence-corrected chi connectivity index (χ1v) is 7.16. The van der Waals surface area contributed by atoms with E-state index in [0.29, 0.717) is 16.9 Å². The molecule has 2 rings (SSSR count). The van der Waals surface area contributed by atoms with Crippen molar-refractivity contribution in [2.45, 2.75) is 4.83 Å². The van der Waals surface area contributed by atoms with Crippen LogP contribution in [-0.2, 0) is 0 Å². The average molecular weight is 392 g/mol. The van der Waals surface area contributed by atoms with Crippen molar-refractivity contribution in [2.75, 3.05) is 7.11 Å². The summed E-state index contributed by atoms with van der Waals surface area (Å²) in [6, 6.07) is 8.61. The summed E-state index contributed by atoms with van der Waals surface area (Å²) in [5.41, 5.74) is 1.28. The average Bonchev–Trinajstić information content (AvgIpc) is 2.40. The van der Waals surface area contributed by atoms with Crippen molar-refractivity contribution in [1.82, 2.24) is 0 Å². The van der Waals surface area contributed by atoms with E-state index in [0.717, 1.165) is 4.47 Å². The Hall–Kier alpha value is -0.940. The Bertz CT molecular complexity index is 602. The monoisotopic (exact) mass is 390 g/mol. The molecule has 5 heteroatoms. The number of benzene rings is 2. The summed E-state index contributed by atoms with van der Waals surface area (Å²) >= 11 is 6.82. The van der Waals surface area contributed by atoms with Gasteiger partial charge in [0.2, 0.25) is 0 Å². The van der Waals surface area contributed by atoms with Crippen molar-refractivity contribution in [3.63, 3.8) is 0 Å². The number of hydrogen-bond donors (Lipinski definition) is 0. The van der Waals surface area contributed by atoms with Gasteiger partial charge in [-0.2, -0.15) is 0 Å². The van der Waals surface area contributed by atoms with Crippen LogP contribution in [0.4, 0.5) is 8.78 Å². The lowest BCUT2D eigenvalue weighted by Gasteiger charge is -2.16. The molecule has 1 atom stereocenters. The smallest absolute Gasteiger partial charge is 0.123 e. The van der Waals surface area contributed by atoms with Crippen LogP contribution in [0.15, 0.2) is 40.9 Å². The topological polar surface area (TPSA) is 9.23 Å². The first kappa shape index (κ1) is 14.5. The van der Waals surface area contributed by atoms with Gasteiger partial charge in [0.25, 0.3) is 0 Å². The van der Waals surface area contributed by atoms with Crippen molar-refractivity contribution in [1.29, 1.82) is 0 Å². The van der Waals surface area contributed by atoms with E-state index in [1.54, 1.807) is 12.1 Å². The molecule has 0 N–H and O–H groups in total. The van der Waals surface area contributed by atoms with Gasteiger partial charge in [-0.1, -0.05) is 31.9 Å². The molecule has 19 heavy (non-hydrogen) atoms. The molecule has 0 aliphatic rings. The van der Waals surface area contributed by atoms with Gasteiger partial charge < -0.3 is 4.74 Å². The third kappa shape index (κ3) is 3.15. The zero-order chi connectivity index (χ0) is 14.0. The molecular formula is C14H10Br2F2O. The Morgan fingerprint density at radius 2 is 1.58 bits per heavy atom. The molecule has 1 unspecified atom stereocenters. The Labute approximate surface area is 126 Å². The fraction of sp³-hybridized carbons (Fsp3) is 0.143. The lowest BCUT2D eigenvalue weighted by molar-refractivity contribution is 0.409. The number of hydrogen-bond acceptors (Lipinski definition) is 1. The van der Waals surface area contributed by atoms with E-state index in [4.69, 9.17) is 4.74 Å². The lowest BCUT2D eigenvalue weighted by atomic mass is 10.0. The molecule has 0 saturated heterocycles. The van der Waals surface area contributed by atoms with Gasteiger partial charge in [0, 0.05) is 10.0 Å². The Balaban J connectivity index is 2.51. The van der Waals surface area contributed by atoms with Crippen molar-refractivity contribution in [3.8, 4) is 5.75 Å². The predicted molar refractivity (Wildman–Crippen MR) is 77.8 cm³/mol. The van der Waals surface area contributed by atoms with Crippen molar-refractivity contribution in [2.24, 2.45) is 0 Å². The van der Waals surface area contributed by atoms with E-state index < -0.39 is 0 Å². The molecule has 0 heterocycles. The summed E-state index contributed by atoms with van der Waals surface area (Å²) in [5, 5.41) is 0. The van der Waals surface area contributed by atoms with Gasteiger partial charge in [0.1, 0.15) is 17.4 Å². The highest BCUT2D eigenvalue weighted by molar-refractivity contribution is 9.11. The van der Waals surface area contributed by atoms with Crippen LogP contribution < -0.4 is 4.74 Å². The second-order valence-electron chi connectivity index (χ2n) is 3.91. The highest BCUT2D eigenvalue weighted by Gasteiger charge is 2.19. The SMILES string of the molecule is COc1ccc(F)cc1C(Br)c1cc(F)ccc1Br. The second kappa shape index (κ2) is 6.01. The summed E-state index contributed by atoms with van der Waals surface area (Å²) in [5.74, 6) is -0.176.